The molecule has 0 aliphatic carbocycles. The molecule has 6 heteroatoms. The number of ketones is 1. The number of hydrogen-bond acceptors (Lipinski definition) is 3. The number of nitrogens with zero attached hydrogens (tertiary/aromatic N) is 2. The van der Waals surface area contributed by atoms with Crippen LogP contribution < -0.4 is 5.32 Å². The molecule has 0 saturated carbocycles. The molecule has 1 amide bonds. The highest BCUT2D eigenvalue weighted by Crippen LogP contribution is 2.19. The fourth-order valence-electron chi connectivity index (χ4n) is 2.33. The second-order valence-corrected chi connectivity index (χ2v) is 5.44. The number of benzene rings is 1. The number of nitrogens with one attached hydrogen (secondary N) is 1. The predicted molar refractivity (Wildman–Crippen MR) is 93.4 cm³/mol. The molecule has 5 nitrogen and oxygen atoms in total. The van der Waals surface area contributed by atoms with E-state index in [4.69, 9.17) is 11.6 Å². The summed E-state index contributed by atoms with van der Waals surface area (Å²) >= 11 is 6.08. The van der Waals surface area contributed by atoms with E-state index in [0.29, 0.717) is 16.9 Å². The van der Waals surface area contributed by atoms with Crippen LogP contribution in [0.1, 0.15) is 26.4 Å². The van der Waals surface area contributed by atoms with Gasteiger partial charge in [0.05, 0.1) is 0 Å². The predicted octanol–water partition coefficient (Wildman–Crippen LogP) is 3.24. The van der Waals surface area contributed by atoms with Crippen molar-refractivity contribution >= 4 is 35.0 Å². The van der Waals surface area contributed by atoms with Gasteiger partial charge < -0.3 is 5.32 Å². The van der Waals surface area contributed by atoms with Gasteiger partial charge in [-0.3, -0.25) is 14.0 Å². The van der Waals surface area contributed by atoms with Crippen molar-refractivity contribution in [2.24, 2.45) is 0 Å². The molecule has 1 N–H and O–H groups in total. The molecule has 0 radical (unpaired) electrons. The summed E-state index contributed by atoms with van der Waals surface area (Å²) in [4.78, 5) is 28.1. The zero-order valence-electron chi connectivity index (χ0n) is 12.9. The molecule has 0 aliphatic rings. The topological polar surface area (TPSA) is 63.5 Å². The molecule has 0 atom stereocenters. The molecule has 0 aliphatic heterocycles. The van der Waals surface area contributed by atoms with Crippen LogP contribution in [0.3, 0.4) is 0 Å². The Kier molecular flexibility index (Phi) is 4.44. The van der Waals surface area contributed by atoms with Crippen LogP contribution in [-0.4, -0.2) is 28.1 Å². The summed E-state index contributed by atoms with van der Waals surface area (Å²) in [6, 6.07) is 12.4. The molecule has 3 rings (SSSR count). The first kappa shape index (κ1) is 16.0. The molecule has 2 heterocycles. The van der Waals surface area contributed by atoms with Crippen molar-refractivity contribution in [2.75, 3.05) is 7.05 Å². The number of halogens is 1. The second-order valence-electron chi connectivity index (χ2n) is 5.08. The normalized spacial score (nSPS) is 11.1. The number of aromatic nitrogens is 2. The van der Waals surface area contributed by atoms with Crippen LogP contribution >= 0.6 is 11.6 Å². The molecule has 0 bridgehead atoms. The number of pyridine rings is 1. The first-order valence-electron chi connectivity index (χ1n) is 7.27. The number of rotatable bonds is 4. The van der Waals surface area contributed by atoms with Crippen LogP contribution in [-0.2, 0) is 0 Å². The second kappa shape index (κ2) is 6.68. The van der Waals surface area contributed by atoms with Crippen molar-refractivity contribution in [3.05, 3.63) is 76.7 Å². The lowest BCUT2D eigenvalue weighted by molar-refractivity contribution is 0.0962. The van der Waals surface area contributed by atoms with Gasteiger partial charge in [0.2, 0.25) is 5.78 Å². The lowest BCUT2D eigenvalue weighted by atomic mass is 10.1. The van der Waals surface area contributed by atoms with Crippen molar-refractivity contribution in [2.45, 2.75) is 0 Å². The van der Waals surface area contributed by atoms with E-state index < -0.39 is 0 Å². The molecule has 1 aromatic carbocycles. The standard InChI is InChI=1S/C18H14ClN3O2/c1-20-18(24)13-8-5-12(6-9-13)7-10-14(23)16-17(19)21-15-4-2-3-11-22(15)16/h2-11H,1H3,(H,20,24)/b10-7+. The van der Waals surface area contributed by atoms with Gasteiger partial charge in [-0.25, -0.2) is 4.98 Å². The molecule has 120 valence electrons. The van der Waals surface area contributed by atoms with E-state index in [1.165, 1.54) is 6.08 Å². The molecule has 0 unspecified atom stereocenters. The van der Waals surface area contributed by atoms with Gasteiger partial charge >= 0.3 is 0 Å². The third-order valence-electron chi connectivity index (χ3n) is 3.55. The summed E-state index contributed by atoms with van der Waals surface area (Å²) in [7, 11) is 1.58. The maximum absolute atomic E-state index is 12.4. The van der Waals surface area contributed by atoms with Gasteiger partial charge in [0.1, 0.15) is 11.3 Å². The fourth-order valence-corrected chi connectivity index (χ4v) is 2.60. The van der Waals surface area contributed by atoms with Crippen molar-refractivity contribution < 1.29 is 9.59 Å². The van der Waals surface area contributed by atoms with Crippen LogP contribution in [0.5, 0.6) is 0 Å². The highest BCUT2D eigenvalue weighted by atomic mass is 35.5. The molecule has 0 saturated heterocycles. The highest BCUT2D eigenvalue weighted by molar-refractivity contribution is 6.33. The molecule has 0 fully saturated rings. The van der Waals surface area contributed by atoms with Crippen molar-refractivity contribution in [3.63, 3.8) is 0 Å². The Hall–Kier alpha value is -2.92. The SMILES string of the molecule is CNC(=O)c1ccc(/C=C/C(=O)c2c(Cl)nc3ccccn23)cc1. The van der Waals surface area contributed by atoms with E-state index in [2.05, 4.69) is 10.3 Å². The number of allylic oxidation sites excluding steroid dienone is 1. The first-order valence-corrected chi connectivity index (χ1v) is 7.65. The van der Waals surface area contributed by atoms with E-state index in [1.54, 1.807) is 54.1 Å². The van der Waals surface area contributed by atoms with Crippen LogP contribution in [0.2, 0.25) is 5.15 Å². The molecule has 2 aromatic heterocycles. The summed E-state index contributed by atoms with van der Waals surface area (Å²) in [6.45, 7) is 0. The molecular formula is C18H14ClN3O2. The van der Waals surface area contributed by atoms with Crippen molar-refractivity contribution in [1.82, 2.24) is 14.7 Å². The minimum absolute atomic E-state index is 0.154. The number of amides is 1. The van der Waals surface area contributed by atoms with E-state index in [9.17, 15) is 9.59 Å². The van der Waals surface area contributed by atoms with E-state index in [-0.39, 0.29) is 16.8 Å². The third-order valence-corrected chi connectivity index (χ3v) is 3.81. The van der Waals surface area contributed by atoms with Crippen molar-refractivity contribution in [3.8, 4) is 0 Å². The van der Waals surface area contributed by atoms with Gasteiger partial charge in [0.25, 0.3) is 5.91 Å². The maximum Gasteiger partial charge on any atom is 0.251 e. The first-order chi connectivity index (χ1) is 11.6. The summed E-state index contributed by atoms with van der Waals surface area (Å²) in [5.74, 6) is -0.395. The molecule has 3 aromatic rings. The van der Waals surface area contributed by atoms with Gasteiger partial charge in [0.15, 0.2) is 5.15 Å². The van der Waals surface area contributed by atoms with Crippen LogP contribution in [0.15, 0.2) is 54.7 Å². The number of carbonyl (C=O) groups is 2. The zero-order valence-corrected chi connectivity index (χ0v) is 13.6. The van der Waals surface area contributed by atoms with Crippen LogP contribution in [0.25, 0.3) is 11.7 Å². The Balaban J connectivity index is 1.84. The lowest BCUT2D eigenvalue weighted by Gasteiger charge is -2.00. The Morgan fingerprint density at radius 3 is 2.62 bits per heavy atom. The Labute approximate surface area is 143 Å². The lowest BCUT2D eigenvalue weighted by Crippen LogP contribution is -2.17. The zero-order chi connectivity index (χ0) is 17.1. The Morgan fingerprint density at radius 1 is 1.17 bits per heavy atom. The van der Waals surface area contributed by atoms with Crippen molar-refractivity contribution in [1.29, 1.82) is 0 Å². The van der Waals surface area contributed by atoms with Gasteiger partial charge in [-0.1, -0.05) is 35.9 Å². The van der Waals surface area contributed by atoms with E-state index >= 15 is 0 Å². The molecular weight excluding hydrogens is 326 g/mol. The summed E-state index contributed by atoms with van der Waals surface area (Å²) < 4.78 is 1.66. The largest absolute Gasteiger partial charge is 0.355 e. The van der Waals surface area contributed by atoms with E-state index in [1.807, 2.05) is 12.1 Å². The summed E-state index contributed by atoms with van der Waals surface area (Å²) in [5.41, 5.74) is 2.31. The average Bonchev–Trinajstić information content (AvgIpc) is 2.95. The molecule has 24 heavy (non-hydrogen) atoms. The van der Waals surface area contributed by atoms with Crippen LogP contribution in [0, 0.1) is 0 Å². The Morgan fingerprint density at radius 2 is 1.92 bits per heavy atom. The average molecular weight is 340 g/mol. The molecule has 0 spiro atoms. The minimum Gasteiger partial charge on any atom is -0.355 e. The van der Waals surface area contributed by atoms with Crippen LogP contribution in [0.4, 0.5) is 0 Å². The summed E-state index contributed by atoms with van der Waals surface area (Å²) in [5, 5.41) is 2.73. The Bertz CT molecular complexity index is 943. The summed E-state index contributed by atoms with van der Waals surface area (Å²) in [6.07, 6.45) is 4.86. The minimum atomic E-state index is -0.242. The smallest absolute Gasteiger partial charge is 0.251 e. The number of hydrogen-bond donors (Lipinski definition) is 1. The number of fused-ring (bicyclic) bond motifs is 1. The van der Waals surface area contributed by atoms with Gasteiger partial charge in [0, 0.05) is 18.8 Å². The fraction of sp³-hybridized carbons (Fsp3) is 0.0556. The van der Waals surface area contributed by atoms with E-state index in [0.717, 1.165) is 5.56 Å². The third kappa shape index (κ3) is 3.07. The number of imidazole rings is 1. The number of carbonyl (C=O) groups excluding carboxylic acids is 2. The highest BCUT2D eigenvalue weighted by Gasteiger charge is 2.15. The van der Waals surface area contributed by atoms with Gasteiger partial charge in [-0.2, -0.15) is 0 Å². The monoisotopic (exact) mass is 339 g/mol. The maximum atomic E-state index is 12.4. The van der Waals surface area contributed by atoms with Gasteiger partial charge in [-0.15, -0.1) is 0 Å². The van der Waals surface area contributed by atoms with Gasteiger partial charge in [-0.05, 0) is 35.9 Å². The quantitative estimate of drug-likeness (QED) is 0.586.